The van der Waals surface area contributed by atoms with Crippen molar-refractivity contribution < 1.29 is 23.4 Å². The fourth-order valence-electron chi connectivity index (χ4n) is 3.67. The summed E-state index contributed by atoms with van der Waals surface area (Å²) < 4.78 is 42.8. The van der Waals surface area contributed by atoms with Gasteiger partial charge in [0.25, 0.3) is 0 Å². The molecular formula is C26H23F3N2O2. The molecule has 0 amide bonds. The lowest BCUT2D eigenvalue weighted by atomic mass is 10.0. The molecule has 1 heterocycles. The highest BCUT2D eigenvalue weighted by molar-refractivity contribution is 5.69. The molecule has 0 spiro atoms. The molecular weight excluding hydrogens is 429 g/mol. The third kappa shape index (κ3) is 4.69. The van der Waals surface area contributed by atoms with Crippen LogP contribution in [-0.2, 0) is 18.4 Å². The first-order chi connectivity index (χ1) is 15.6. The van der Waals surface area contributed by atoms with Crippen molar-refractivity contribution in [1.29, 1.82) is 0 Å². The zero-order valence-electron chi connectivity index (χ0n) is 18.1. The van der Waals surface area contributed by atoms with Crippen LogP contribution in [0.3, 0.4) is 0 Å². The smallest absolute Gasteiger partial charge is 0.392 e. The van der Waals surface area contributed by atoms with Crippen LogP contribution in [0.4, 0.5) is 13.2 Å². The Bertz CT molecular complexity index is 1290. The van der Waals surface area contributed by atoms with E-state index in [4.69, 9.17) is 0 Å². The van der Waals surface area contributed by atoms with Crippen molar-refractivity contribution in [3.8, 4) is 28.2 Å². The summed E-state index contributed by atoms with van der Waals surface area (Å²) in [7, 11) is 0. The van der Waals surface area contributed by atoms with Crippen LogP contribution in [0.1, 0.15) is 30.7 Å². The van der Waals surface area contributed by atoms with Gasteiger partial charge in [-0.3, -0.25) is 4.57 Å². The average molecular weight is 452 g/mol. The van der Waals surface area contributed by atoms with E-state index in [9.17, 15) is 23.4 Å². The molecule has 0 aliphatic carbocycles. The molecule has 0 radical (unpaired) electrons. The Morgan fingerprint density at radius 1 is 0.879 bits per heavy atom. The van der Waals surface area contributed by atoms with Gasteiger partial charge in [0.1, 0.15) is 11.4 Å². The standard InChI is InChI=1S/C26H23F3N2O2/c1-25(2,33)23-15-31(24(30-23)21-11-3-4-12-22(21)26(27,28)29)20-10-6-9-19(14-20)18-8-5-7-17(13-18)16-32/h3-15,32-33H,16H2,1-2H3. The van der Waals surface area contributed by atoms with E-state index in [2.05, 4.69) is 4.98 Å². The summed E-state index contributed by atoms with van der Waals surface area (Å²) in [6.07, 6.45) is -3.00. The Hall–Kier alpha value is -3.42. The number of hydrogen-bond donors (Lipinski definition) is 2. The van der Waals surface area contributed by atoms with Gasteiger partial charge in [0, 0.05) is 17.4 Å². The van der Waals surface area contributed by atoms with Gasteiger partial charge in [-0.1, -0.05) is 48.5 Å². The van der Waals surface area contributed by atoms with Gasteiger partial charge >= 0.3 is 6.18 Å². The lowest BCUT2D eigenvalue weighted by Crippen LogP contribution is -2.15. The fraction of sp³-hybridized carbons (Fsp3) is 0.192. The highest BCUT2D eigenvalue weighted by Crippen LogP contribution is 2.38. The normalized spacial score (nSPS) is 12.2. The topological polar surface area (TPSA) is 58.3 Å². The minimum atomic E-state index is -4.56. The molecule has 0 saturated carbocycles. The monoisotopic (exact) mass is 452 g/mol. The van der Waals surface area contributed by atoms with E-state index < -0.39 is 17.3 Å². The minimum Gasteiger partial charge on any atom is -0.392 e. The van der Waals surface area contributed by atoms with E-state index >= 15 is 0 Å². The Balaban J connectivity index is 1.92. The first-order valence-corrected chi connectivity index (χ1v) is 10.4. The van der Waals surface area contributed by atoms with E-state index in [0.29, 0.717) is 5.69 Å². The van der Waals surface area contributed by atoms with Crippen molar-refractivity contribution in [2.75, 3.05) is 0 Å². The van der Waals surface area contributed by atoms with Crippen LogP contribution in [0.25, 0.3) is 28.2 Å². The number of benzene rings is 3. The van der Waals surface area contributed by atoms with Crippen molar-refractivity contribution >= 4 is 0 Å². The molecule has 4 nitrogen and oxygen atoms in total. The van der Waals surface area contributed by atoms with Crippen molar-refractivity contribution in [2.24, 2.45) is 0 Å². The van der Waals surface area contributed by atoms with Crippen molar-refractivity contribution in [3.63, 3.8) is 0 Å². The molecule has 170 valence electrons. The lowest BCUT2D eigenvalue weighted by molar-refractivity contribution is -0.137. The molecule has 2 N–H and O–H groups in total. The second-order valence-corrected chi connectivity index (χ2v) is 8.33. The number of aliphatic hydroxyl groups excluding tert-OH is 1. The number of nitrogens with zero attached hydrogens (tertiary/aromatic N) is 2. The highest BCUT2D eigenvalue weighted by atomic mass is 19.4. The Morgan fingerprint density at radius 2 is 1.55 bits per heavy atom. The number of imidazole rings is 1. The van der Waals surface area contributed by atoms with Crippen LogP contribution < -0.4 is 0 Å². The van der Waals surface area contributed by atoms with E-state index in [1.165, 1.54) is 32.0 Å². The van der Waals surface area contributed by atoms with E-state index in [1.54, 1.807) is 22.9 Å². The van der Waals surface area contributed by atoms with Gasteiger partial charge in [0.15, 0.2) is 0 Å². The predicted molar refractivity (Wildman–Crippen MR) is 121 cm³/mol. The summed E-state index contributed by atoms with van der Waals surface area (Å²) in [5.74, 6) is 0.0845. The molecule has 0 fully saturated rings. The summed E-state index contributed by atoms with van der Waals surface area (Å²) >= 11 is 0. The molecule has 0 bridgehead atoms. The van der Waals surface area contributed by atoms with Gasteiger partial charge < -0.3 is 10.2 Å². The molecule has 0 saturated heterocycles. The number of alkyl halides is 3. The molecule has 3 aromatic carbocycles. The van der Waals surface area contributed by atoms with Crippen LogP contribution >= 0.6 is 0 Å². The van der Waals surface area contributed by atoms with Gasteiger partial charge in [-0.15, -0.1) is 0 Å². The molecule has 4 aromatic rings. The van der Waals surface area contributed by atoms with Crippen LogP contribution in [-0.4, -0.2) is 19.8 Å². The van der Waals surface area contributed by atoms with Crippen LogP contribution in [0.15, 0.2) is 79.0 Å². The maximum absolute atomic E-state index is 13.8. The maximum Gasteiger partial charge on any atom is 0.417 e. The lowest BCUT2D eigenvalue weighted by Gasteiger charge is -2.15. The first-order valence-electron chi connectivity index (χ1n) is 10.4. The SMILES string of the molecule is CC(C)(O)c1cn(-c2cccc(-c3cccc(CO)c3)c2)c(-c2ccccc2C(F)(F)F)n1. The zero-order valence-corrected chi connectivity index (χ0v) is 18.1. The maximum atomic E-state index is 13.8. The summed E-state index contributed by atoms with van der Waals surface area (Å²) in [6.45, 7) is 2.98. The molecule has 0 unspecified atom stereocenters. The number of aromatic nitrogens is 2. The predicted octanol–water partition coefficient (Wildman–Crippen LogP) is 5.94. The molecule has 7 heteroatoms. The Labute approximate surface area is 189 Å². The Kier molecular flexibility index (Phi) is 5.86. The van der Waals surface area contributed by atoms with E-state index in [-0.39, 0.29) is 23.7 Å². The third-order valence-corrected chi connectivity index (χ3v) is 5.37. The van der Waals surface area contributed by atoms with Gasteiger partial charge in [-0.05, 0) is 54.8 Å². The molecule has 0 aliphatic rings. The van der Waals surface area contributed by atoms with E-state index in [1.807, 2.05) is 36.4 Å². The summed E-state index contributed by atoms with van der Waals surface area (Å²) in [6, 6.07) is 20.0. The number of halogens is 3. The quantitative estimate of drug-likeness (QED) is 0.394. The van der Waals surface area contributed by atoms with Gasteiger partial charge in [0.05, 0.1) is 17.9 Å². The minimum absolute atomic E-state index is 0.0758. The second-order valence-electron chi connectivity index (χ2n) is 8.33. The van der Waals surface area contributed by atoms with Crippen LogP contribution in [0.2, 0.25) is 0 Å². The van der Waals surface area contributed by atoms with Gasteiger partial charge in [0.2, 0.25) is 0 Å². The van der Waals surface area contributed by atoms with Gasteiger partial charge in [-0.25, -0.2) is 4.98 Å². The Morgan fingerprint density at radius 3 is 2.21 bits per heavy atom. The number of aliphatic hydroxyl groups is 2. The second kappa shape index (κ2) is 8.50. The zero-order chi connectivity index (χ0) is 23.8. The highest BCUT2D eigenvalue weighted by Gasteiger charge is 2.35. The van der Waals surface area contributed by atoms with Crippen molar-refractivity contribution in [2.45, 2.75) is 32.2 Å². The summed E-state index contributed by atoms with van der Waals surface area (Å²) in [5, 5.41) is 20.0. The van der Waals surface area contributed by atoms with E-state index in [0.717, 1.165) is 22.8 Å². The molecule has 0 aliphatic heterocycles. The first kappa shape index (κ1) is 22.8. The number of rotatable bonds is 5. The molecule has 4 rings (SSSR count). The van der Waals surface area contributed by atoms with Crippen LogP contribution in [0, 0.1) is 0 Å². The summed E-state index contributed by atoms with van der Waals surface area (Å²) in [5.41, 5.74) is 1.07. The number of hydrogen-bond acceptors (Lipinski definition) is 3. The van der Waals surface area contributed by atoms with Gasteiger partial charge in [-0.2, -0.15) is 13.2 Å². The van der Waals surface area contributed by atoms with Crippen molar-refractivity contribution in [3.05, 3.63) is 95.8 Å². The molecule has 0 atom stereocenters. The van der Waals surface area contributed by atoms with Crippen molar-refractivity contribution in [1.82, 2.24) is 9.55 Å². The molecule has 33 heavy (non-hydrogen) atoms. The fourth-order valence-corrected chi connectivity index (χ4v) is 3.67. The molecule has 1 aromatic heterocycles. The largest absolute Gasteiger partial charge is 0.417 e. The van der Waals surface area contributed by atoms with Crippen LogP contribution in [0.5, 0.6) is 0 Å². The third-order valence-electron chi connectivity index (χ3n) is 5.37. The summed E-state index contributed by atoms with van der Waals surface area (Å²) in [4.78, 5) is 4.41. The average Bonchev–Trinajstić information content (AvgIpc) is 3.25.